The van der Waals surface area contributed by atoms with E-state index >= 15 is 0 Å². The normalized spacial score (nSPS) is 16.3. The first kappa shape index (κ1) is 18.9. The van der Waals surface area contributed by atoms with Crippen LogP contribution in [-0.4, -0.2) is 41.3 Å². The molecule has 1 saturated carbocycles. The van der Waals surface area contributed by atoms with Crippen LogP contribution in [0.25, 0.3) is 11.0 Å². The molecule has 1 atom stereocenters. The minimum atomic E-state index is -1.01. The molecule has 4 rings (SSSR count). The topological polar surface area (TPSA) is 141 Å². The zero-order chi connectivity index (χ0) is 20.6. The number of primary amides is 1. The van der Waals surface area contributed by atoms with Crippen LogP contribution < -0.4 is 11.1 Å². The summed E-state index contributed by atoms with van der Waals surface area (Å²) in [5, 5.41) is 18.0. The summed E-state index contributed by atoms with van der Waals surface area (Å²) in [7, 11) is 0. The zero-order valence-corrected chi connectivity index (χ0v) is 16.1. The fraction of sp³-hybridized carbons (Fsp3) is 0.421. The van der Waals surface area contributed by atoms with Crippen molar-refractivity contribution in [1.82, 2.24) is 24.3 Å². The third-order valence-electron chi connectivity index (χ3n) is 5.71. The van der Waals surface area contributed by atoms with Crippen molar-refractivity contribution in [2.45, 2.75) is 45.2 Å². The Balaban J connectivity index is 1.73. The number of aliphatic carboxylic acids is 1. The predicted octanol–water partition coefficient (Wildman–Crippen LogP) is 2.06. The van der Waals surface area contributed by atoms with Crippen LogP contribution in [-0.2, 0) is 16.1 Å². The quantitative estimate of drug-likeness (QED) is 0.528. The molecule has 10 nitrogen and oxygen atoms in total. The summed E-state index contributed by atoms with van der Waals surface area (Å²) in [6.07, 6.45) is 8.71. The molecule has 1 aliphatic carbocycles. The molecule has 10 heteroatoms. The monoisotopic (exact) mass is 397 g/mol. The number of nitrogens with zero attached hydrogens (tertiary/aromatic N) is 5. The van der Waals surface area contributed by atoms with E-state index in [4.69, 9.17) is 5.73 Å². The number of amides is 1. The minimum Gasteiger partial charge on any atom is -0.481 e. The molecule has 0 spiro atoms. The average Bonchev–Trinajstić information content (AvgIpc) is 3.25. The zero-order valence-electron chi connectivity index (χ0n) is 16.1. The summed E-state index contributed by atoms with van der Waals surface area (Å²) >= 11 is 0. The van der Waals surface area contributed by atoms with Gasteiger partial charge in [-0.2, -0.15) is 10.1 Å². The molecule has 3 aromatic heterocycles. The van der Waals surface area contributed by atoms with E-state index in [1.54, 1.807) is 27.8 Å². The van der Waals surface area contributed by atoms with Crippen LogP contribution in [0.4, 0.5) is 11.6 Å². The smallest absolute Gasteiger partial charge is 0.311 e. The average molecular weight is 397 g/mol. The van der Waals surface area contributed by atoms with E-state index in [-0.39, 0.29) is 6.42 Å². The fourth-order valence-corrected chi connectivity index (χ4v) is 3.98. The van der Waals surface area contributed by atoms with E-state index in [1.807, 2.05) is 19.2 Å². The number of carboxylic acids is 1. The first-order chi connectivity index (χ1) is 13.9. The summed E-state index contributed by atoms with van der Waals surface area (Å²) in [6.45, 7) is 2.74. The van der Waals surface area contributed by atoms with Gasteiger partial charge in [0.25, 0.3) is 0 Å². The molecule has 3 aromatic rings. The van der Waals surface area contributed by atoms with Crippen molar-refractivity contribution >= 4 is 34.5 Å². The van der Waals surface area contributed by atoms with Gasteiger partial charge < -0.3 is 20.7 Å². The van der Waals surface area contributed by atoms with Gasteiger partial charge in [-0.15, -0.1) is 0 Å². The van der Waals surface area contributed by atoms with Crippen molar-refractivity contribution in [3.05, 3.63) is 30.9 Å². The number of anilines is 2. The largest absolute Gasteiger partial charge is 0.481 e. The number of carbonyl (C=O) groups excluding carboxylic acids is 1. The third kappa shape index (κ3) is 3.30. The molecule has 0 radical (unpaired) electrons. The number of fused-ring (bicyclic) bond motifs is 1. The van der Waals surface area contributed by atoms with Crippen LogP contribution in [0.1, 0.15) is 38.6 Å². The second-order valence-electron chi connectivity index (χ2n) is 7.41. The highest BCUT2D eigenvalue weighted by Crippen LogP contribution is 2.51. The maximum atomic E-state index is 12.1. The standard InChI is InChI=1S/C19H23N7O3/c1-2-25-11-13(10-22-25)23-18-21-9-12-4-7-26(16(12)24-18)14(8-15(20)27)19(17(28)29)5-3-6-19/h4,7,9-11,14H,2-3,5-6,8H2,1H3,(H2,20,27)(H,28,29)(H,21,23,24). The van der Waals surface area contributed by atoms with E-state index in [2.05, 4.69) is 20.4 Å². The number of hydrogen-bond acceptors (Lipinski definition) is 6. The van der Waals surface area contributed by atoms with Crippen LogP contribution >= 0.6 is 0 Å². The van der Waals surface area contributed by atoms with Crippen molar-refractivity contribution in [2.24, 2.45) is 11.1 Å². The van der Waals surface area contributed by atoms with Gasteiger partial charge in [0.05, 0.1) is 23.3 Å². The van der Waals surface area contributed by atoms with Crippen LogP contribution in [0.5, 0.6) is 0 Å². The predicted molar refractivity (Wildman–Crippen MR) is 105 cm³/mol. The van der Waals surface area contributed by atoms with Crippen LogP contribution in [0, 0.1) is 5.41 Å². The van der Waals surface area contributed by atoms with Crippen LogP contribution in [0.2, 0.25) is 0 Å². The van der Waals surface area contributed by atoms with E-state index in [9.17, 15) is 14.7 Å². The van der Waals surface area contributed by atoms with Crippen molar-refractivity contribution < 1.29 is 14.7 Å². The number of carbonyl (C=O) groups is 2. The Kier molecular flexibility index (Phi) is 4.69. The van der Waals surface area contributed by atoms with Gasteiger partial charge in [0.15, 0.2) is 0 Å². The van der Waals surface area contributed by atoms with Crippen LogP contribution in [0.15, 0.2) is 30.9 Å². The highest BCUT2D eigenvalue weighted by atomic mass is 16.4. The summed E-state index contributed by atoms with van der Waals surface area (Å²) in [5.74, 6) is -1.08. The van der Waals surface area contributed by atoms with E-state index in [0.717, 1.165) is 24.0 Å². The van der Waals surface area contributed by atoms with Crippen molar-refractivity contribution in [3.8, 4) is 0 Å². The second-order valence-corrected chi connectivity index (χ2v) is 7.41. The molecule has 0 aromatic carbocycles. The van der Waals surface area contributed by atoms with Gasteiger partial charge in [-0.05, 0) is 25.8 Å². The molecule has 152 valence electrons. The lowest BCUT2D eigenvalue weighted by Gasteiger charge is -2.44. The number of carboxylic acid groups (broad SMARTS) is 1. The lowest BCUT2D eigenvalue weighted by Crippen LogP contribution is -2.46. The Morgan fingerprint density at radius 3 is 2.76 bits per heavy atom. The molecule has 1 aliphatic rings. The number of nitrogens with one attached hydrogen (secondary N) is 1. The third-order valence-corrected chi connectivity index (χ3v) is 5.71. The van der Waals surface area contributed by atoms with E-state index < -0.39 is 23.3 Å². The molecule has 0 bridgehead atoms. The van der Waals surface area contributed by atoms with Gasteiger partial charge in [0, 0.05) is 36.9 Å². The first-order valence-electron chi connectivity index (χ1n) is 9.57. The van der Waals surface area contributed by atoms with Gasteiger partial charge in [-0.3, -0.25) is 14.3 Å². The number of hydrogen-bond donors (Lipinski definition) is 3. The summed E-state index contributed by atoms with van der Waals surface area (Å²) in [4.78, 5) is 32.7. The SMILES string of the molecule is CCn1cc(Nc2ncc3ccn(C(CC(N)=O)C4(C(=O)O)CCC4)c3n2)cn1. The van der Waals surface area contributed by atoms with Crippen molar-refractivity contribution in [1.29, 1.82) is 0 Å². The Labute approximate surface area is 166 Å². The molecule has 1 amide bonds. The number of aryl methyl sites for hydroxylation is 1. The summed E-state index contributed by atoms with van der Waals surface area (Å²) in [5.41, 5.74) is 5.76. The Bertz CT molecular complexity index is 1070. The van der Waals surface area contributed by atoms with Gasteiger partial charge in [-0.25, -0.2) is 4.98 Å². The molecule has 0 aliphatic heterocycles. The lowest BCUT2D eigenvalue weighted by atomic mass is 9.63. The van der Waals surface area contributed by atoms with E-state index in [0.29, 0.717) is 24.4 Å². The van der Waals surface area contributed by atoms with Crippen molar-refractivity contribution in [3.63, 3.8) is 0 Å². The van der Waals surface area contributed by atoms with Gasteiger partial charge >= 0.3 is 5.97 Å². The van der Waals surface area contributed by atoms with Gasteiger partial charge in [0.2, 0.25) is 11.9 Å². The highest BCUT2D eigenvalue weighted by Gasteiger charge is 2.52. The molecule has 4 N–H and O–H groups in total. The fourth-order valence-electron chi connectivity index (χ4n) is 3.98. The molecule has 0 saturated heterocycles. The maximum Gasteiger partial charge on any atom is 0.311 e. The van der Waals surface area contributed by atoms with Gasteiger partial charge in [0.1, 0.15) is 5.65 Å². The summed E-state index contributed by atoms with van der Waals surface area (Å²) < 4.78 is 3.54. The molecule has 1 unspecified atom stereocenters. The molecule has 3 heterocycles. The maximum absolute atomic E-state index is 12.1. The number of rotatable bonds is 8. The van der Waals surface area contributed by atoms with Crippen LogP contribution in [0.3, 0.4) is 0 Å². The minimum absolute atomic E-state index is 0.0634. The summed E-state index contributed by atoms with van der Waals surface area (Å²) in [6, 6.07) is 1.21. The molecular weight excluding hydrogens is 374 g/mol. The first-order valence-corrected chi connectivity index (χ1v) is 9.57. The molecule has 1 fully saturated rings. The second kappa shape index (κ2) is 7.19. The Morgan fingerprint density at radius 1 is 1.38 bits per heavy atom. The van der Waals surface area contributed by atoms with Gasteiger partial charge in [-0.1, -0.05) is 6.42 Å². The molecular formula is C19H23N7O3. The number of nitrogens with two attached hydrogens (primary N) is 1. The highest BCUT2D eigenvalue weighted by molar-refractivity contribution is 5.82. The van der Waals surface area contributed by atoms with Crippen molar-refractivity contribution in [2.75, 3.05) is 5.32 Å². The Hall–Kier alpha value is -3.43. The lowest BCUT2D eigenvalue weighted by molar-refractivity contribution is -0.159. The Morgan fingerprint density at radius 2 is 2.17 bits per heavy atom. The number of aromatic nitrogens is 5. The molecule has 29 heavy (non-hydrogen) atoms. The van der Waals surface area contributed by atoms with E-state index in [1.165, 1.54) is 0 Å².